The Bertz CT molecular complexity index is 835. The van der Waals surface area contributed by atoms with Crippen molar-refractivity contribution in [3.63, 3.8) is 0 Å². The van der Waals surface area contributed by atoms with Gasteiger partial charge in [-0.05, 0) is 56.6 Å². The summed E-state index contributed by atoms with van der Waals surface area (Å²) in [6.07, 6.45) is 1.11. The van der Waals surface area contributed by atoms with Crippen LogP contribution in [0.15, 0.2) is 21.8 Å². The van der Waals surface area contributed by atoms with Gasteiger partial charge in [-0.3, -0.25) is 4.99 Å². The molecule has 1 aliphatic rings. The molecule has 0 atom stereocenters. The summed E-state index contributed by atoms with van der Waals surface area (Å²) in [6.45, 7) is 10.9. The molecule has 8 heteroatoms. The second-order valence-corrected chi connectivity index (χ2v) is 6.16. The lowest BCUT2D eigenvalue weighted by Crippen LogP contribution is -2.18. The first kappa shape index (κ1) is 19.1. The molecule has 0 N–H and O–H groups in total. The highest BCUT2D eigenvalue weighted by atomic mass is 19.2. The van der Waals surface area contributed by atoms with E-state index in [1.54, 1.807) is 20.8 Å². The smallest absolute Gasteiger partial charge is 0.358 e. The fourth-order valence-electron chi connectivity index (χ4n) is 3.75. The molecule has 1 aliphatic heterocycles. The highest BCUT2D eigenvalue weighted by Crippen LogP contribution is 2.39. The first-order valence-electron chi connectivity index (χ1n) is 8.30. The van der Waals surface area contributed by atoms with Crippen LogP contribution in [0.4, 0.5) is 14.4 Å². The molecule has 0 unspecified atom stereocenters. The first-order valence-corrected chi connectivity index (χ1v) is 8.30. The van der Waals surface area contributed by atoms with Crippen LogP contribution in [-0.4, -0.2) is 22.5 Å². The summed E-state index contributed by atoms with van der Waals surface area (Å²) >= 11 is 0. The summed E-state index contributed by atoms with van der Waals surface area (Å²) in [5, 5.41) is 11.4. The maximum atomic E-state index is 13.7. The number of hydrogen-bond acceptors (Lipinski definition) is 3. The molecule has 0 spiro atoms. The van der Waals surface area contributed by atoms with Gasteiger partial charge < -0.3 is 10.1 Å². The Labute approximate surface area is 146 Å². The van der Waals surface area contributed by atoms with Crippen molar-refractivity contribution in [1.82, 2.24) is 4.48 Å². The van der Waals surface area contributed by atoms with Crippen molar-refractivity contribution in [1.29, 1.82) is 0 Å². The molecule has 0 saturated carbocycles. The number of aromatic nitrogens is 1. The number of halogens is 2. The van der Waals surface area contributed by atoms with Gasteiger partial charge in [0.05, 0.1) is 11.3 Å². The molecule has 0 radical (unpaired) electrons. The van der Waals surface area contributed by atoms with Crippen LogP contribution in [-0.2, 0) is 6.42 Å². The Kier molecular flexibility index (Phi) is 5.30. The molecule has 5 nitrogen and oxygen atoms in total. The van der Waals surface area contributed by atoms with Crippen molar-refractivity contribution < 1.29 is 13.6 Å². The van der Waals surface area contributed by atoms with Crippen molar-refractivity contribution in [3.05, 3.63) is 43.8 Å². The monoisotopic (exact) mass is 349 g/mol. The third kappa shape index (κ3) is 2.94. The quantitative estimate of drug-likeness (QED) is 0.428. The fraction of sp³-hybridized carbons (Fsp3) is 0.471. The standard InChI is InChI=1S/C17H22BF2N3O2/c1-7-13-9(3)15(21-12(13)6)11(5)16-10(4)14(8-2)17(23(24)25)22(16)18(19)20/h7-8H2,1-6H3/b15-11-. The van der Waals surface area contributed by atoms with E-state index in [2.05, 4.69) is 4.99 Å². The molecule has 0 fully saturated rings. The van der Waals surface area contributed by atoms with Gasteiger partial charge in [-0.2, -0.15) is 0 Å². The number of nitrogens with zero attached hydrogens (tertiary/aromatic N) is 3. The van der Waals surface area contributed by atoms with E-state index < -0.39 is 18.1 Å². The summed E-state index contributed by atoms with van der Waals surface area (Å²) in [5.41, 5.74) is 5.14. The van der Waals surface area contributed by atoms with Crippen molar-refractivity contribution in [2.45, 2.75) is 54.4 Å². The second-order valence-electron chi connectivity index (χ2n) is 6.16. The third-order valence-corrected chi connectivity index (χ3v) is 4.86. The molecule has 25 heavy (non-hydrogen) atoms. The second kappa shape index (κ2) is 6.94. The van der Waals surface area contributed by atoms with Crippen LogP contribution in [0.3, 0.4) is 0 Å². The average Bonchev–Trinajstić information content (AvgIpc) is 3.00. The van der Waals surface area contributed by atoms with Crippen LogP contribution < -0.4 is 0 Å². The van der Waals surface area contributed by atoms with E-state index in [0.717, 1.165) is 23.3 Å². The van der Waals surface area contributed by atoms with Crippen LogP contribution in [0, 0.1) is 17.0 Å². The normalized spacial score (nSPS) is 16.4. The largest absolute Gasteiger partial charge is 0.809 e. The molecule has 2 heterocycles. The minimum Gasteiger partial charge on any atom is -0.358 e. The van der Waals surface area contributed by atoms with E-state index in [1.165, 1.54) is 0 Å². The van der Waals surface area contributed by atoms with Crippen LogP contribution in [0.25, 0.3) is 5.57 Å². The predicted molar refractivity (Wildman–Crippen MR) is 97.3 cm³/mol. The van der Waals surface area contributed by atoms with Crippen LogP contribution in [0.2, 0.25) is 0 Å². The molecule has 1 aromatic heterocycles. The van der Waals surface area contributed by atoms with Crippen molar-refractivity contribution in [2.24, 2.45) is 4.99 Å². The van der Waals surface area contributed by atoms with Gasteiger partial charge in [0.15, 0.2) is 0 Å². The Hall–Kier alpha value is -2.25. The maximum Gasteiger partial charge on any atom is 0.809 e. The van der Waals surface area contributed by atoms with E-state index >= 15 is 0 Å². The van der Waals surface area contributed by atoms with Gasteiger partial charge >= 0.3 is 13.2 Å². The van der Waals surface area contributed by atoms with Gasteiger partial charge in [0.2, 0.25) is 0 Å². The van der Waals surface area contributed by atoms with Crippen molar-refractivity contribution >= 4 is 24.5 Å². The molecular formula is C17H22BF2N3O2. The lowest BCUT2D eigenvalue weighted by atomic mass is 9.98. The van der Waals surface area contributed by atoms with E-state index in [1.807, 2.05) is 20.8 Å². The van der Waals surface area contributed by atoms with E-state index in [4.69, 9.17) is 0 Å². The molecule has 0 aromatic carbocycles. The van der Waals surface area contributed by atoms with Gasteiger partial charge in [0, 0.05) is 16.8 Å². The molecule has 134 valence electrons. The number of aliphatic imine (C=N–C) groups is 1. The molecule has 2 rings (SSSR count). The fourth-order valence-corrected chi connectivity index (χ4v) is 3.75. The van der Waals surface area contributed by atoms with E-state index in [0.29, 0.717) is 33.3 Å². The average molecular weight is 349 g/mol. The molecule has 1 aromatic rings. The summed E-state index contributed by atoms with van der Waals surface area (Å²) in [6, 6.07) is 0. The SMILES string of the molecule is CCC1=C(C)/C(=C(\C)c2c(C)c(CC)c([N+](=O)[O-])n2B(F)F)N=C1C. The lowest BCUT2D eigenvalue weighted by molar-refractivity contribution is -0.391. The number of nitro groups is 1. The van der Waals surface area contributed by atoms with Crippen molar-refractivity contribution in [2.75, 3.05) is 0 Å². The Morgan fingerprint density at radius 3 is 2.24 bits per heavy atom. The van der Waals surface area contributed by atoms with Crippen LogP contribution >= 0.6 is 0 Å². The van der Waals surface area contributed by atoms with E-state index in [9.17, 15) is 18.7 Å². The van der Waals surface area contributed by atoms with Gasteiger partial charge in [-0.1, -0.05) is 13.8 Å². The number of allylic oxidation sites excluding steroid dienone is 3. The Morgan fingerprint density at radius 1 is 1.24 bits per heavy atom. The minimum atomic E-state index is -2.99. The van der Waals surface area contributed by atoms with Gasteiger partial charge in [0.25, 0.3) is 0 Å². The zero-order valence-electron chi connectivity index (χ0n) is 15.4. The van der Waals surface area contributed by atoms with Gasteiger partial charge in [-0.15, -0.1) is 0 Å². The Morgan fingerprint density at radius 2 is 1.84 bits per heavy atom. The lowest BCUT2D eigenvalue weighted by Gasteiger charge is -2.08. The number of hydrogen-bond donors (Lipinski definition) is 0. The summed E-state index contributed by atoms with van der Waals surface area (Å²) in [7, 11) is -2.99. The highest BCUT2D eigenvalue weighted by Gasteiger charge is 2.40. The zero-order chi connectivity index (χ0) is 19.0. The summed E-state index contributed by atoms with van der Waals surface area (Å²) in [4.78, 5) is 15.3. The van der Waals surface area contributed by atoms with Crippen LogP contribution in [0.1, 0.15) is 57.9 Å². The zero-order valence-corrected chi connectivity index (χ0v) is 15.4. The van der Waals surface area contributed by atoms with Gasteiger partial charge in [-0.25, -0.2) is 13.1 Å². The third-order valence-electron chi connectivity index (χ3n) is 4.86. The summed E-state index contributed by atoms with van der Waals surface area (Å²) in [5.74, 6) is -0.527. The van der Waals surface area contributed by atoms with Crippen LogP contribution in [0.5, 0.6) is 0 Å². The van der Waals surface area contributed by atoms with Crippen molar-refractivity contribution in [3.8, 4) is 0 Å². The topological polar surface area (TPSA) is 60.4 Å². The molecule has 0 saturated heterocycles. The maximum absolute atomic E-state index is 13.7. The van der Waals surface area contributed by atoms with Gasteiger partial charge in [0.1, 0.15) is 5.69 Å². The molecule has 0 amide bonds. The summed E-state index contributed by atoms with van der Waals surface area (Å²) < 4.78 is 28.0. The molecule has 0 aliphatic carbocycles. The molecular weight excluding hydrogens is 327 g/mol. The highest BCUT2D eigenvalue weighted by molar-refractivity contribution is 6.42. The Balaban J connectivity index is 2.87. The number of rotatable bonds is 5. The van der Waals surface area contributed by atoms with E-state index in [-0.39, 0.29) is 5.69 Å². The molecule has 0 bridgehead atoms. The minimum absolute atomic E-state index is 0.196. The predicted octanol–water partition coefficient (Wildman–Crippen LogP) is 4.97. The first-order chi connectivity index (χ1) is 11.7.